The van der Waals surface area contributed by atoms with Crippen molar-refractivity contribution in [2.75, 3.05) is 0 Å². The first-order valence-electron chi connectivity index (χ1n) is 4.80. The molecular formula is C11H18O. The van der Waals surface area contributed by atoms with E-state index in [1.54, 1.807) is 0 Å². The van der Waals surface area contributed by atoms with Crippen LogP contribution in [0.1, 0.15) is 33.1 Å². The standard InChI is InChI=1S/C11H18O/c1-4-5-10-9(8(2)3)6-7-11(10)12/h4,8-10H,1,5-7H2,2-3H3/t9-,10-/m1/s1. The molecule has 1 nitrogen and oxygen atoms in total. The van der Waals surface area contributed by atoms with E-state index in [0.717, 1.165) is 19.3 Å². The molecule has 0 bridgehead atoms. The summed E-state index contributed by atoms with van der Waals surface area (Å²) in [6.07, 6.45) is 4.64. The van der Waals surface area contributed by atoms with E-state index in [9.17, 15) is 4.79 Å². The molecule has 1 aliphatic rings. The van der Waals surface area contributed by atoms with Gasteiger partial charge in [-0.15, -0.1) is 6.58 Å². The van der Waals surface area contributed by atoms with Gasteiger partial charge in [-0.1, -0.05) is 19.9 Å². The first-order chi connectivity index (χ1) is 5.66. The zero-order valence-corrected chi connectivity index (χ0v) is 8.05. The van der Waals surface area contributed by atoms with Gasteiger partial charge in [0, 0.05) is 12.3 Å². The fraction of sp³-hybridized carbons (Fsp3) is 0.727. The summed E-state index contributed by atoms with van der Waals surface area (Å²) >= 11 is 0. The van der Waals surface area contributed by atoms with Crippen molar-refractivity contribution in [1.29, 1.82) is 0 Å². The van der Waals surface area contributed by atoms with Crippen molar-refractivity contribution < 1.29 is 4.79 Å². The van der Waals surface area contributed by atoms with Gasteiger partial charge in [0.1, 0.15) is 5.78 Å². The lowest BCUT2D eigenvalue weighted by atomic mass is 9.84. The lowest BCUT2D eigenvalue weighted by Crippen LogP contribution is -2.18. The highest BCUT2D eigenvalue weighted by atomic mass is 16.1. The first-order valence-corrected chi connectivity index (χ1v) is 4.80. The molecule has 0 heterocycles. The van der Waals surface area contributed by atoms with Gasteiger partial charge in [0.25, 0.3) is 0 Å². The van der Waals surface area contributed by atoms with Gasteiger partial charge in [0.15, 0.2) is 0 Å². The maximum absolute atomic E-state index is 11.4. The largest absolute Gasteiger partial charge is 0.299 e. The van der Waals surface area contributed by atoms with E-state index < -0.39 is 0 Å². The summed E-state index contributed by atoms with van der Waals surface area (Å²) in [5.74, 6) is 1.98. The highest BCUT2D eigenvalue weighted by Gasteiger charge is 2.34. The molecule has 0 spiro atoms. The van der Waals surface area contributed by atoms with Crippen LogP contribution < -0.4 is 0 Å². The van der Waals surface area contributed by atoms with Gasteiger partial charge in [-0.25, -0.2) is 0 Å². The molecule has 1 saturated carbocycles. The molecule has 1 heteroatoms. The van der Waals surface area contributed by atoms with Crippen LogP contribution in [0.3, 0.4) is 0 Å². The van der Waals surface area contributed by atoms with Crippen molar-refractivity contribution in [3.8, 4) is 0 Å². The van der Waals surface area contributed by atoms with Crippen LogP contribution in [0.5, 0.6) is 0 Å². The minimum atomic E-state index is 0.280. The van der Waals surface area contributed by atoms with Gasteiger partial charge in [0.2, 0.25) is 0 Å². The van der Waals surface area contributed by atoms with E-state index in [4.69, 9.17) is 0 Å². The summed E-state index contributed by atoms with van der Waals surface area (Å²) in [5, 5.41) is 0. The van der Waals surface area contributed by atoms with Crippen molar-refractivity contribution in [1.82, 2.24) is 0 Å². The minimum absolute atomic E-state index is 0.280. The van der Waals surface area contributed by atoms with Crippen LogP contribution in [0.15, 0.2) is 12.7 Å². The Balaban J connectivity index is 2.63. The summed E-state index contributed by atoms with van der Waals surface area (Å²) in [6.45, 7) is 8.12. The van der Waals surface area contributed by atoms with Crippen LogP contribution in [-0.2, 0) is 4.79 Å². The Bertz CT molecular complexity index is 181. The second-order valence-corrected chi connectivity index (χ2v) is 4.04. The van der Waals surface area contributed by atoms with Crippen LogP contribution in [0.2, 0.25) is 0 Å². The van der Waals surface area contributed by atoms with E-state index in [1.807, 2.05) is 6.08 Å². The molecular weight excluding hydrogens is 148 g/mol. The zero-order chi connectivity index (χ0) is 9.14. The van der Waals surface area contributed by atoms with Gasteiger partial charge in [-0.2, -0.15) is 0 Å². The highest BCUT2D eigenvalue weighted by molar-refractivity contribution is 5.83. The Morgan fingerprint density at radius 1 is 1.67 bits per heavy atom. The second kappa shape index (κ2) is 3.88. The quantitative estimate of drug-likeness (QED) is 0.589. The average Bonchev–Trinajstić information content (AvgIpc) is 2.34. The summed E-state index contributed by atoms with van der Waals surface area (Å²) in [6, 6.07) is 0. The van der Waals surface area contributed by atoms with Crippen LogP contribution in [0, 0.1) is 17.8 Å². The van der Waals surface area contributed by atoms with Crippen LogP contribution in [0.25, 0.3) is 0 Å². The fourth-order valence-corrected chi connectivity index (χ4v) is 2.22. The molecule has 0 radical (unpaired) electrons. The van der Waals surface area contributed by atoms with Gasteiger partial charge in [-0.05, 0) is 24.7 Å². The van der Waals surface area contributed by atoms with Gasteiger partial charge >= 0.3 is 0 Å². The van der Waals surface area contributed by atoms with Crippen molar-refractivity contribution in [2.45, 2.75) is 33.1 Å². The smallest absolute Gasteiger partial charge is 0.136 e. The number of rotatable bonds is 3. The molecule has 0 aromatic heterocycles. The number of hydrogen-bond donors (Lipinski definition) is 0. The van der Waals surface area contributed by atoms with Gasteiger partial charge in [-0.3, -0.25) is 4.79 Å². The van der Waals surface area contributed by atoms with E-state index in [-0.39, 0.29) is 5.92 Å². The normalized spacial score (nSPS) is 29.8. The number of Topliss-reactive ketones (excluding diaryl/α,β-unsaturated/α-hetero) is 1. The number of allylic oxidation sites excluding steroid dienone is 1. The van der Waals surface area contributed by atoms with Crippen LogP contribution in [-0.4, -0.2) is 5.78 Å². The van der Waals surface area contributed by atoms with Gasteiger partial charge < -0.3 is 0 Å². The lowest BCUT2D eigenvalue weighted by molar-refractivity contribution is -0.121. The third-order valence-corrected chi connectivity index (χ3v) is 2.93. The highest BCUT2D eigenvalue weighted by Crippen LogP contribution is 2.36. The molecule has 0 N–H and O–H groups in total. The summed E-state index contributed by atoms with van der Waals surface area (Å²) < 4.78 is 0. The van der Waals surface area contributed by atoms with Crippen molar-refractivity contribution in [3.63, 3.8) is 0 Å². The van der Waals surface area contributed by atoms with Crippen LogP contribution >= 0.6 is 0 Å². The SMILES string of the molecule is C=CC[C@H]1C(=O)CC[C@@H]1C(C)C. The average molecular weight is 166 g/mol. The molecule has 1 fully saturated rings. The molecule has 0 unspecified atom stereocenters. The maximum atomic E-state index is 11.4. The topological polar surface area (TPSA) is 17.1 Å². The van der Waals surface area contributed by atoms with E-state index in [0.29, 0.717) is 17.6 Å². The third-order valence-electron chi connectivity index (χ3n) is 2.93. The third kappa shape index (κ3) is 1.77. The predicted octanol–water partition coefficient (Wildman–Crippen LogP) is 2.81. The first kappa shape index (κ1) is 9.50. The van der Waals surface area contributed by atoms with Crippen molar-refractivity contribution >= 4 is 5.78 Å². The number of ketones is 1. The molecule has 2 atom stereocenters. The molecule has 0 aromatic rings. The Morgan fingerprint density at radius 2 is 2.33 bits per heavy atom. The van der Waals surface area contributed by atoms with E-state index >= 15 is 0 Å². The number of carbonyl (C=O) groups excluding carboxylic acids is 1. The summed E-state index contributed by atoms with van der Waals surface area (Å²) in [5.41, 5.74) is 0. The molecule has 0 aromatic carbocycles. The lowest BCUT2D eigenvalue weighted by Gasteiger charge is -2.20. The monoisotopic (exact) mass is 166 g/mol. The summed E-state index contributed by atoms with van der Waals surface area (Å²) in [4.78, 5) is 11.4. The predicted molar refractivity (Wildman–Crippen MR) is 50.9 cm³/mol. The fourth-order valence-electron chi connectivity index (χ4n) is 2.22. The number of carbonyl (C=O) groups is 1. The minimum Gasteiger partial charge on any atom is -0.299 e. The Morgan fingerprint density at radius 3 is 2.83 bits per heavy atom. The Kier molecular flexibility index (Phi) is 3.07. The maximum Gasteiger partial charge on any atom is 0.136 e. The number of hydrogen-bond acceptors (Lipinski definition) is 1. The van der Waals surface area contributed by atoms with E-state index in [2.05, 4.69) is 20.4 Å². The molecule has 0 amide bonds. The summed E-state index contributed by atoms with van der Waals surface area (Å²) in [7, 11) is 0. The Hall–Kier alpha value is -0.590. The van der Waals surface area contributed by atoms with Crippen LogP contribution in [0.4, 0.5) is 0 Å². The second-order valence-electron chi connectivity index (χ2n) is 4.04. The van der Waals surface area contributed by atoms with Crippen molar-refractivity contribution in [3.05, 3.63) is 12.7 Å². The molecule has 1 aliphatic carbocycles. The molecule has 0 saturated heterocycles. The van der Waals surface area contributed by atoms with E-state index in [1.165, 1.54) is 0 Å². The molecule has 68 valence electrons. The van der Waals surface area contributed by atoms with Gasteiger partial charge in [0.05, 0.1) is 0 Å². The molecule has 12 heavy (non-hydrogen) atoms. The molecule has 0 aliphatic heterocycles. The zero-order valence-electron chi connectivity index (χ0n) is 8.05. The molecule has 1 rings (SSSR count). The Labute approximate surface area is 74.9 Å². The van der Waals surface area contributed by atoms with Crippen molar-refractivity contribution in [2.24, 2.45) is 17.8 Å².